The molecule has 1 amide bonds. The molecule has 0 fully saturated rings. The molecule has 0 aromatic heterocycles. The first-order valence-corrected chi connectivity index (χ1v) is 6.44. The molecule has 0 saturated carbocycles. The van der Waals surface area contributed by atoms with E-state index in [1.165, 1.54) is 7.11 Å². The number of nitrogens with one attached hydrogen (secondary N) is 1. The van der Waals surface area contributed by atoms with Crippen molar-refractivity contribution in [3.05, 3.63) is 26.2 Å². The van der Waals surface area contributed by atoms with Crippen LogP contribution in [0.1, 0.15) is 0 Å². The lowest BCUT2D eigenvalue weighted by atomic mass is 10.3. The lowest BCUT2D eigenvalue weighted by Crippen LogP contribution is -2.35. The number of anilines is 1. The third-order valence-electron chi connectivity index (χ3n) is 1.98. The molecule has 0 aliphatic carbocycles. The van der Waals surface area contributed by atoms with Crippen molar-refractivity contribution in [2.75, 3.05) is 19.0 Å². The van der Waals surface area contributed by atoms with E-state index < -0.39 is 6.10 Å². The quantitative estimate of drug-likeness (QED) is 0.714. The van der Waals surface area contributed by atoms with Crippen molar-refractivity contribution in [3.63, 3.8) is 0 Å². The number of carbonyl (C=O) groups excluding carboxylic acids is 1. The number of ether oxygens (including phenoxy) is 1. The molecule has 0 aliphatic heterocycles. The third kappa shape index (κ3) is 5.09. The highest BCUT2D eigenvalue weighted by Crippen LogP contribution is 2.22. The maximum Gasteiger partial charge on any atom is 0.254 e. The van der Waals surface area contributed by atoms with Gasteiger partial charge in [-0.3, -0.25) is 4.79 Å². The second-order valence-electron chi connectivity index (χ2n) is 3.08. The van der Waals surface area contributed by atoms with E-state index in [1.807, 2.05) is 18.2 Å². The van der Waals surface area contributed by atoms with Crippen LogP contribution in [0.15, 0.2) is 22.7 Å². The Kier molecular flexibility index (Phi) is 8.31. The topological polar surface area (TPSA) is 64.3 Å². The van der Waals surface area contributed by atoms with Crippen LogP contribution >= 0.6 is 50.9 Å². The molecule has 1 rings (SSSR count). The highest BCUT2D eigenvalue weighted by Gasteiger charge is 2.15. The van der Waals surface area contributed by atoms with Gasteiger partial charge in [-0.1, -0.05) is 0 Å². The standard InChI is InChI=1S/C10H12BrIN2O2.ClH/c1-16-9(5-13)10(15)14-6-2-3-7(11)8(12)4-6;/h2-4,9H,5,13H2,1H3,(H,14,15);1H. The first-order valence-electron chi connectivity index (χ1n) is 4.57. The van der Waals surface area contributed by atoms with Crippen LogP contribution in [-0.2, 0) is 9.53 Å². The van der Waals surface area contributed by atoms with Crippen molar-refractivity contribution < 1.29 is 9.53 Å². The van der Waals surface area contributed by atoms with E-state index in [4.69, 9.17) is 10.5 Å². The van der Waals surface area contributed by atoms with E-state index in [-0.39, 0.29) is 24.9 Å². The summed E-state index contributed by atoms with van der Waals surface area (Å²) < 4.78 is 6.96. The summed E-state index contributed by atoms with van der Waals surface area (Å²) in [4.78, 5) is 11.6. The van der Waals surface area contributed by atoms with Gasteiger partial charge in [0.15, 0.2) is 0 Å². The number of carbonyl (C=O) groups is 1. The van der Waals surface area contributed by atoms with Crippen LogP contribution in [0.25, 0.3) is 0 Å². The molecular weight excluding hydrogens is 422 g/mol. The molecule has 96 valence electrons. The Bertz CT molecular complexity index is 389. The Morgan fingerprint density at radius 3 is 2.76 bits per heavy atom. The Labute approximate surface area is 128 Å². The fourth-order valence-electron chi connectivity index (χ4n) is 1.11. The summed E-state index contributed by atoms with van der Waals surface area (Å²) in [6, 6.07) is 5.56. The number of halogens is 3. The molecule has 0 radical (unpaired) electrons. The maximum absolute atomic E-state index is 11.6. The summed E-state index contributed by atoms with van der Waals surface area (Å²) in [7, 11) is 1.46. The number of methoxy groups -OCH3 is 1. The average molecular weight is 435 g/mol. The van der Waals surface area contributed by atoms with Gasteiger partial charge < -0.3 is 15.8 Å². The van der Waals surface area contributed by atoms with E-state index in [1.54, 1.807) is 0 Å². The van der Waals surface area contributed by atoms with Crippen LogP contribution in [-0.4, -0.2) is 25.7 Å². The molecule has 7 heteroatoms. The molecule has 0 aliphatic rings. The van der Waals surface area contributed by atoms with Gasteiger partial charge in [0, 0.05) is 27.4 Å². The molecule has 0 spiro atoms. The molecule has 1 aromatic rings. The number of amides is 1. The first kappa shape index (κ1) is 17.1. The van der Waals surface area contributed by atoms with Gasteiger partial charge >= 0.3 is 0 Å². The fraction of sp³-hybridized carbons (Fsp3) is 0.300. The number of hydrogen-bond donors (Lipinski definition) is 2. The van der Waals surface area contributed by atoms with Gasteiger partial charge in [-0.25, -0.2) is 0 Å². The predicted molar refractivity (Wildman–Crippen MR) is 82.6 cm³/mol. The lowest BCUT2D eigenvalue weighted by molar-refractivity contribution is -0.125. The highest BCUT2D eigenvalue weighted by molar-refractivity contribution is 14.1. The lowest BCUT2D eigenvalue weighted by Gasteiger charge is -2.13. The second kappa shape index (κ2) is 8.25. The van der Waals surface area contributed by atoms with Gasteiger partial charge in [0.1, 0.15) is 6.10 Å². The van der Waals surface area contributed by atoms with Crippen molar-refractivity contribution in [1.29, 1.82) is 0 Å². The summed E-state index contributed by atoms with van der Waals surface area (Å²) >= 11 is 5.57. The van der Waals surface area contributed by atoms with Crippen molar-refractivity contribution in [2.45, 2.75) is 6.10 Å². The number of rotatable bonds is 4. The first-order chi connectivity index (χ1) is 7.58. The van der Waals surface area contributed by atoms with E-state index in [9.17, 15) is 4.79 Å². The SMILES string of the molecule is COC(CN)C(=O)Nc1ccc(Br)c(I)c1.Cl. The Balaban J connectivity index is 0.00000256. The average Bonchev–Trinajstić information content (AvgIpc) is 2.25. The van der Waals surface area contributed by atoms with Gasteiger partial charge in [0.05, 0.1) is 0 Å². The Morgan fingerprint density at radius 1 is 1.65 bits per heavy atom. The molecule has 0 heterocycles. The largest absolute Gasteiger partial charge is 0.370 e. The van der Waals surface area contributed by atoms with Crippen LogP contribution in [0.5, 0.6) is 0 Å². The van der Waals surface area contributed by atoms with Crippen LogP contribution in [0, 0.1) is 3.57 Å². The minimum Gasteiger partial charge on any atom is -0.370 e. The van der Waals surface area contributed by atoms with Gasteiger partial charge in [-0.15, -0.1) is 12.4 Å². The molecule has 3 N–H and O–H groups in total. The van der Waals surface area contributed by atoms with E-state index in [2.05, 4.69) is 43.8 Å². The van der Waals surface area contributed by atoms with Crippen molar-refractivity contribution in [2.24, 2.45) is 5.73 Å². The number of benzene rings is 1. The zero-order valence-electron chi connectivity index (χ0n) is 9.07. The van der Waals surface area contributed by atoms with Crippen molar-refractivity contribution in [1.82, 2.24) is 0 Å². The molecule has 1 aromatic carbocycles. The summed E-state index contributed by atoms with van der Waals surface area (Å²) in [5.74, 6) is -0.233. The van der Waals surface area contributed by atoms with E-state index in [0.717, 1.165) is 13.7 Å². The summed E-state index contributed by atoms with van der Waals surface area (Å²) in [6.07, 6.45) is -0.610. The van der Waals surface area contributed by atoms with Crippen LogP contribution in [0.3, 0.4) is 0 Å². The molecule has 1 atom stereocenters. The van der Waals surface area contributed by atoms with Gasteiger partial charge in [-0.2, -0.15) is 0 Å². The normalized spacial score (nSPS) is 11.5. The third-order valence-corrected chi connectivity index (χ3v) is 4.30. The minimum atomic E-state index is -0.610. The van der Waals surface area contributed by atoms with Crippen LogP contribution in [0.4, 0.5) is 5.69 Å². The molecule has 0 bridgehead atoms. The second-order valence-corrected chi connectivity index (χ2v) is 5.09. The smallest absolute Gasteiger partial charge is 0.254 e. The molecule has 1 unspecified atom stereocenters. The van der Waals surface area contributed by atoms with Gasteiger partial charge in [-0.05, 0) is 56.7 Å². The molecule has 17 heavy (non-hydrogen) atoms. The summed E-state index contributed by atoms with van der Waals surface area (Å²) in [5, 5.41) is 2.74. The van der Waals surface area contributed by atoms with E-state index in [0.29, 0.717) is 0 Å². The summed E-state index contributed by atoms with van der Waals surface area (Å²) in [5.41, 5.74) is 6.13. The highest BCUT2D eigenvalue weighted by atomic mass is 127. The molecule has 4 nitrogen and oxygen atoms in total. The maximum atomic E-state index is 11.6. The fourth-order valence-corrected chi connectivity index (χ4v) is 1.87. The summed E-state index contributed by atoms with van der Waals surface area (Å²) in [6.45, 7) is 0.163. The van der Waals surface area contributed by atoms with Gasteiger partial charge in [0.25, 0.3) is 5.91 Å². The van der Waals surface area contributed by atoms with Gasteiger partial charge in [0.2, 0.25) is 0 Å². The molecular formula is C10H13BrClIN2O2. The van der Waals surface area contributed by atoms with Crippen LogP contribution in [0.2, 0.25) is 0 Å². The Hall–Kier alpha value is 0.110. The van der Waals surface area contributed by atoms with Crippen LogP contribution < -0.4 is 11.1 Å². The zero-order chi connectivity index (χ0) is 12.1. The van der Waals surface area contributed by atoms with Crippen molar-refractivity contribution >= 4 is 62.5 Å². The van der Waals surface area contributed by atoms with Crippen molar-refractivity contribution in [3.8, 4) is 0 Å². The number of hydrogen-bond acceptors (Lipinski definition) is 3. The van der Waals surface area contributed by atoms with E-state index >= 15 is 0 Å². The molecule has 0 saturated heterocycles. The number of nitrogens with two attached hydrogens (primary N) is 1. The minimum absolute atomic E-state index is 0. The Morgan fingerprint density at radius 2 is 2.29 bits per heavy atom. The predicted octanol–water partition coefficient (Wildman–Crippen LogP) is 2.39. The monoisotopic (exact) mass is 434 g/mol. The zero-order valence-corrected chi connectivity index (χ0v) is 13.6.